The molecule has 2 aromatic carbocycles. The minimum Gasteiger partial charge on any atom is -0.484 e. The smallest absolute Gasteiger partial charge is 0.257 e. The molecule has 0 saturated heterocycles. The molecular formula is C20H21FN2O2. The van der Waals surface area contributed by atoms with Crippen LogP contribution in [0.1, 0.15) is 11.3 Å². The minimum atomic E-state index is -0.385. The van der Waals surface area contributed by atoms with Crippen molar-refractivity contribution in [1.29, 1.82) is 0 Å². The number of ether oxygens (including phenoxy) is 1. The molecular weight excluding hydrogens is 319 g/mol. The zero-order chi connectivity index (χ0) is 17.8. The van der Waals surface area contributed by atoms with Crippen molar-refractivity contribution in [2.45, 2.75) is 13.3 Å². The first kappa shape index (κ1) is 17.0. The van der Waals surface area contributed by atoms with Gasteiger partial charge in [0.15, 0.2) is 6.61 Å². The van der Waals surface area contributed by atoms with Crippen LogP contribution >= 0.6 is 0 Å². The molecule has 5 heteroatoms. The summed E-state index contributed by atoms with van der Waals surface area (Å²) in [5, 5.41) is 4.07. The number of nitrogens with zero attached hydrogens (tertiary/aromatic N) is 1. The van der Waals surface area contributed by atoms with Crippen molar-refractivity contribution in [3.05, 3.63) is 65.6 Å². The maximum absolute atomic E-state index is 13.1. The fraction of sp³-hybridized carbons (Fsp3) is 0.250. The maximum Gasteiger partial charge on any atom is 0.257 e. The Bertz CT molecular complexity index is 902. The van der Waals surface area contributed by atoms with Crippen LogP contribution in [0.15, 0.2) is 48.5 Å². The number of amides is 1. The molecule has 0 atom stereocenters. The Morgan fingerprint density at radius 2 is 2.00 bits per heavy atom. The lowest BCUT2D eigenvalue weighted by molar-refractivity contribution is -0.123. The third-order valence-corrected chi connectivity index (χ3v) is 4.39. The Kier molecular flexibility index (Phi) is 5.03. The summed E-state index contributed by atoms with van der Waals surface area (Å²) < 4.78 is 20.5. The predicted octanol–water partition coefficient (Wildman–Crippen LogP) is 3.36. The first-order chi connectivity index (χ1) is 12.1. The third kappa shape index (κ3) is 3.82. The van der Waals surface area contributed by atoms with E-state index in [1.165, 1.54) is 34.3 Å². The van der Waals surface area contributed by atoms with Crippen molar-refractivity contribution in [3.63, 3.8) is 0 Å². The monoisotopic (exact) mass is 340 g/mol. The van der Waals surface area contributed by atoms with Gasteiger partial charge in [0.05, 0.1) is 0 Å². The minimum absolute atomic E-state index is 0.127. The molecule has 130 valence electrons. The number of hydrogen-bond acceptors (Lipinski definition) is 2. The van der Waals surface area contributed by atoms with Gasteiger partial charge in [-0.1, -0.05) is 24.3 Å². The molecule has 0 fully saturated rings. The number of benzene rings is 2. The molecule has 0 spiro atoms. The van der Waals surface area contributed by atoms with E-state index in [1.807, 2.05) is 19.2 Å². The molecule has 25 heavy (non-hydrogen) atoms. The second-order valence-electron chi connectivity index (χ2n) is 5.99. The molecule has 0 unspecified atom stereocenters. The number of rotatable bonds is 6. The van der Waals surface area contributed by atoms with Crippen LogP contribution in [0.5, 0.6) is 5.75 Å². The Balaban J connectivity index is 1.55. The highest BCUT2D eigenvalue weighted by atomic mass is 19.1. The Labute approximate surface area is 146 Å². The number of carbonyl (C=O) groups is 1. The normalized spacial score (nSPS) is 10.8. The lowest BCUT2D eigenvalue weighted by Gasteiger charge is -2.08. The lowest BCUT2D eigenvalue weighted by atomic mass is 10.1. The fourth-order valence-electron chi connectivity index (χ4n) is 3.00. The van der Waals surface area contributed by atoms with Crippen molar-refractivity contribution in [2.75, 3.05) is 13.2 Å². The van der Waals surface area contributed by atoms with Crippen LogP contribution < -0.4 is 10.1 Å². The molecule has 0 radical (unpaired) electrons. The van der Waals surface area contributed by atoms with Crippen molar-refractivity contribution >= 4 is 16.8 Å². The van der Waals surface area contributed by atoms with Crippen molar-refractivity contribution in [2.24, 2.45) is 7.05 Å². The van der Waals surface area contributed by atoms with E-state index in [2.05, 4.69) is 28.9 Å². The Morgan fingerprint density at radius 3 is 2.80 bits per heavy atom. The summed E-state index contributed by atoms with van der Waals surface area (Å²) in [5.74, 6) is -0.258. The summed E-state index contributed by atoms with van der Waals surface area (Å²) in [4.78, 5) is 11.9. The highest BCUT2D eigenvalue weighted by Gasteiger charge is 2.11. The zero-order valence-corrected chi connectivity index (χ0v) is 14.4. The van der Waals surface area contributed by atoms with Gasteiger partial charge >= 0.3 is 0 Å². The van der Waals surface area contributed by atoms with Crippen LogP contribution in [0.2, 0.25) is 0 Å². The van der Waals surface area contributed by atoms with Gasteiger partial charge in [0.25, 0.3) is 5.91 Å². The molecule has 0 aliphatic heterocycles. The summed E-state index contributed by atoms with van der Waals surface area (Å²) in [6.07, 6.45) is 0.749. The van der Waals surface area contributed by atoms with E-state index in [9.17, 15) is 9.18 Å². The number of aryl methyl sites for hydroxylation is 1. The molecule has 3 rings (SSSR count). The van der Waals surface area contributed by atoms with Crippen molar-refractivity contribution < 1.29 is 13.9 Å². The van der Waals surface area contributed by atoms with Crippen molar-refractivity contribution in [3.8, 4) is 5.75 Å². The van der Waals surface area contributed by atoms with Crippen LogP contribution in [0, 0.1) is 12.7 Å². The molecule has 1 aromatic heterocycles. The topological polar surface area (TPSA) is 43.3 Å². The first-order valence-electron chi connectivity index (χ1n) is 8.24. The van der Waals surface area contributed by atoms with E-state index >= 15 is 0 Å². The molecule has 1 N–H and O–H groups in total. The summed E-state index contributed by atoms with van der Waals surface area (Å²) in [6, 6.07) is 14.0. The Hall–Kier alpha value is -2.82. The van der Waals surface area contributed by atoms with Crippen LogP contribution in [-0.2, 0) is 18.3 Å². The molecule has 0 aliphatic carbocycles. The zero-order valence-electron chi connectivity index (χ0n) is 14.4. The van der Waals surface area contributed by atoms with E-state index in [-0.39, 0.29) is 18.3 Å². The number of hydrogen-bond donors (Lipinski definition) is 1. The highest BCUT2D eigenvalue weighted by Crippen LogP contribution is 2.24. The van der Waals surface area contributed by atoms with Gasteiger partial charge in [0.1, 0.15) is 11.6 Å². The SMILES string of the molecule is Cc1c(CCNC(=O)COc2cccc(F)c2)c2ccccc2n1C. The summed E-state index contributed by atoms with van der Waals surface area (Å²) >= 11 is 0. The van der Waals surface area contributed by atoms with E-state index in [1.54, 1.807) is 12.1 Å². The summed E-state index contributed by atoms with van der Waals surface area (Å²) in [7, 11) is 2.05. The average Bonchev–Trinajstić information content (AvgIpc) is 2.85. The molecule has 3 aromatic rings. The number of para-hydroxylation sites is 1. The average molecular weight is 340 g/mol. The predicted molar refractivity (Wildman–Crippen MR) is 96.3 cm³/mol. The van der Waals surface area contributed by atoms with E-state index in [0.717, 1.165) is 6.42 Å². The van der Waals surface area contributed by atoms with Crippen LogP contribution in [0.3, 0.4) is 0 Å². The second kappa shape index (κ2) is 7.38. The van der Waals surface area contributed by atoms with Gasteiger partial charge in [0, 0.05) is 36.3 Å². The van der Waals surface area contributed by atoms with E-state index in [4.69, 9.17) is 4.74 Å². The number of halogens is 1. The largest absolute Gasteiger partial charge is 0.484 e. The van der Waals surface area contributed by atoms with E-state index < -0.39 is 0 Å². The first-order valence-corrected chi connectivity index (χ1v) is 8.24. The van der Waals surface area contributed by atoms with Gasteiger partial charge < -0.3 is 14.6 Å². The Morgan fingerprint density at radius 1 is 1.20 bits per heavy atom. The number of fused-ring (bicyclic) bond motifs is 1. The van der Waals surface area contributed by atoms with Crippen molar-refractivity contribution in [1.82, 2.24) is 9.88 Å². The van der Waals surface area contributed by atoms with Gasteiger partial charge in [0.2, 0.25) is 0 Å². The fourth-order valence-corrected chi connectivity index (χ4v) is 3.00. The molecule has 4 nitrogen and oxygen atoms in total. The standard InChI is InChI=1S/C20H21FN2O2/c1-14-17(18-8-3-4-9-19(18)23(14)2)10-11-22-20(24)13-25-16-7-5-6-15(21)12-16/h3-9,12H,10-11,13H2,1-2H3,(H,22,24). The lowest BCUT2D eigenvalue weighted by Crippen LogP contribution is -2.30. The molecule has 0 saturated carbocycles. The number of carbonyl (C=O) groups excluding carboxylic acids is 1. The van der Waals surface area contributed by atoms with E-state index in [0.29, 0.717) is 12.3 Å². The second-order valence-corrected chi connectivity index (χ2v) is 5.99. The van der Waals surface area contributed by atoms with Gasteiger partial charge in [-0.05, 0) is 37.1 Å². The van der Waals surface area contributed by atoms with Crippen LogP contribution in [-0.4, -0.2) is 23.6 Å². The van der Waals surface area contributed by atoms with Crippen LogP contribution in [0.25, 0.3) is 10.9 Å². The van der Waals surface area contributed by atoms with Gasteiger partial charge in [-0.15, -0.1) is 0 Å². The van der Waals surface area contributed by atoms with Gasteiger partial charge in [-0.25, -0.2) is 4.39 Å². The van der Waals surface area contributed by atoms with Crippen LogP contribution in [0.4, 0.5) is 4.39 Å². The molecule has 0 bridgehead atoms. The molecule has 1 heterocycles. The molecule has 0 aliphatic rings. The quantitative estimate of drug-likeness (QED) is 0.748. The summed E-state index contributed by atoms with van der Waals surface area (Å²) in [6.45, 7) is 2.49. The van der Waals surface area contributed by atoms with Gasteiger partial charge in [-0.3, -0.25) is 4.79 Å². The van der Waals surface area contributed by atoms with Gasteiger partial charge in [-0.2, -0.15) is 0 Å². The number of nitrogens with one attached hydrogen (secondary N) is 1. The number of aromatic nitrogens is 1. The maximum atomic E-state index is 13.1. The molecule has 1 amide bonds. The summed E-state index contributed by atoms with van der Waals surface area (Å²) in [5.41, 5.74) is 3.63. The third-order valence-electron chi connectivity index (χ3n) is 4.39. The highest BCUT2D eigenvalue weighted by molar-refractivity contribution is 5.85.